The first kappa shape index (κ1) is 10.8. The van der Waals surface area contributed by atoms with Crippen LogP contribution in [0.5, 0.6) is 0 Å². The molecule has 4 heteroatoms. The summed E-state index contributed by atoms with van der Waals surface area (Å²) in [4.78, 5) is 14.7. The summed E-state index contributed by atoms with van der Waals surface area (Å²) < 4.78 is 12.8. The Labute approximate surface area is 96.7 Å². The zero-order chi connectivity index (χ0) is 11.5. The second kappa shape index (κ2) is 4.41. The quantitative estimate of drug-likeness (QED) is 0.590. The van der Waals surface area contributed by atoms with Crippen molar-refractivity contribution in [2.24, 2.45) is 0 Å². The molecule has 80 valence electrons. The fourth-order valence-electron chi connectivity index (χ4n) is 1.44. The minimum Gasteiger partial charge on any atom is -0.298 e. The Kier molecular flexibility index (Phi) is 2.97. The molecule has 0 radical (unpaired) electrons. The molecule has 0 bridgehead atoms. The molecule has 0 N–H and O–H groups in total. The summed E-state index contributed by atoms with van der Waals surface area (Å²) in [5, 5.41) is 0.150. The predicted molar refractivity (Wildman–Crippen MR) is 60.0 cm³/mol. The van der Waals surface area contributed by atoms with Crippen molar-refractivity contribution in [2.75, 3.05) is 0 Å². The Bertz CT molecular complexity index is 525. The molecule has 2 aromatic rings. The lowest BCUT2D eigenvalue weighted by molar-refractivity contribution is 0.112. The fraction of sp³-hybridized carbons (Fsp3) is 0. The number of hydrogen-bond acceptors (Lipinski definition) is 2. The summed E-state index contributed by atoms with van der Waals surface area (Å²) in [5.41, 5.74) is 1.69. The Balaban J connectivity index is 2.59. The first-order valence-corrected chi connectivity index (χ1v) is 4.96. The number of benzene rings is 1. The normalized spacial score (nSPS) is 10.1. The molecule has 0 atom stereocenters. The second-order valence-electron chi connectivity index (χ2n) is 3.19. The van der Waals surface area contributed by atoms with Gasteiger partial charge >= 0.3 is 0 Å². The maximum atomic E-state index is 12.8. The summed E-state index contributed by atoms with van der Waals surface area (Å²) in [6.45, 7) is 0. The molecule has 2 rings (SSSR count). The minimum atomic E-state index is -0.323. The van der Waals surface area contributed by atoms with Crippen LogP contribution >= 0.6 is 11.6 Å². The standard InChI is InChI=1S/C12H7ClFNO/c13-12-11(7-16)10(5-6-15-12)8-1-3-9(14)4-2-8/h1-7H. The summed E-state index contributed by atoms with van der Waals surface area (Å²) >= 11 is 5.79. The van der Waals surface area contributed by atoms with E-state index in [-0.39, 0.29) is 11.0 Å². The number of rotatable bonds is 2. The van der Waals surface area contributed by atoms with Crippen molar-refractivity contribution in [2.45, 2.75) is 0 Å². The summed E-state index contributed by atoms with van der Waals surface area (Å²) in [7, 11) is 0. The molecule has 0 fully saturated rings. The van der Waals surface area contributed by atoms with Crippen LogP contribution in [0.15, 0.2) is 36.5 Å². The molecule has 0 saturated heterocycles. The molecule has 0 unspecified atom stereocenters. The van der Waals surface area contributed by atoms with Crippen LogP contribution in [0.1, 0.15) is 10.4 Å². The van der Waals surface area contributed by atoms with E-state index < -0.39 is 0 Å². The average Bonchev–Trinajstić information content (AvgIpc) is 2.30. The number of aromatic nitrogens is 1. The maximum Gasteiger partial charge on any atom is 0.153 e. The van der Waals surface area contributed by atoms with Crippen LogP contribution in [0.2, 0.25) is 5.15 Å². The Hall–Kier alpha value is -1.74. The van der Waals surface area contributed by atoms with Gasteiger partial charge in [0.2, 0.25) is 0 Å². The van der Waals surface area contributed by atoms with Crippen LogP contribution in [0.3, 0.4) is 0 Å². The first-order chi connectivity index (χ1) is 7.72. The van der Waals surface area contributed by atoms with Gasteiger partial charge in [0, 0.05) is 6.20 Å². The lowest BCUT2D eigenvalue weighted by atomic mass is 10.0. The van der Waals surface area contributed by atoms with Crippen molar-refractivity contribution in [3.8, 4) is 11.1 Å². The minimum absolute atomic E-state index is 0.150. The highest BCUT2D eigenvalue weighted by molar-refractivity contribution is 6.32. The van der Waals surface area contributed by atoms with Crippen LogP contribution in [0.4, 0.5) is 4.39 Å². The van der Waals surface area contributed by atoms with Crippen LogP contribution in [0.25, 0.3) is 11.1 Å². The van der Waals surface area contributed by atoms with Crippen LogP contribution in [-0.4, -0.2) is 11.3 Å². The zero-order valence-electron chi connectivity index (χ0n) is 8.15. The molecular formula is C12H7ClFNO. The summed E-state index contributed by atoms with van der Waals surface area (Å²) in [6, 6.07) is 7.52. The summed E-state index contributed by atoms with van der Waals surface area (Å²) in [6.07, 6.45) is 2.15. The molecule has 1 aromatic heterocycles. The molecule has 1 aromatic carbocycles. The molecule has 16 heavy (non-hydrogen) atoms. The smallest absolute Gasteiger partial charge is 0.153 e. The second-order valence-corrected chi connectivity index (χ2v) is 3.55. The first-order valence-electron chi connectivity index (χ1n) is 4.58. The predicted octanol–water partition coefficient (Wildman–Crippen LogP) is 3.35. The largest absolute Gasteiger partial charge is 0.298 e. The molecule has 1 heterocycles. The van der Waals surface area contributed by atoms with E-state index in [1.54, 1.807) is 18.2 Å². The highest BCUT2D eigenvalue weighted by atomic mass is 35.5. The third-order valence-electron chi connectivity index (χ3n) is 2.21. The monoisotopic (exact) mass is 235 g/mol. The van der Waals surface area contributed by atoms with Gasteiger partial charge in [-0.15, -0.1) is 0 Å². The number of halogens is 2. The van der Waals surface area contributed by atoms with E-state index in [0.29, 0.717) is 17.4 Å². The molecule has 0 aliphatic heterocycles. The van der Waals surface area contributed by atoms with E-state index in [2.05, 4.69) is 4.98 Å². The number of hydrogen-bond donors (Lipinski definition) is 0. The van der Waals surface area contributed by atoms with Crippen molar-refractivity contribution in [3.63, 3.8) is 0 Å². The lowest BCUT2D eigenvalue weighted by Gasteiger charge is -2.05. The van der Waals surface area contributed by atoms with Gasteiger partial charge < -0.3 is 0 Å². The molecular weight excluding hydrogens is 229 g/mol. The van der Waals surface area contributed by atoms with E-state index >= 15 is 0 Å². The van der Waals surface area contributed by atoms with Gasteiger partial charge in [0.15, 0.2) is 6.29 Å². The van der Waals surface area contributed by atoms with Gasteiger partial charge in [0.25, 0.3) is 0 Å². The molecule has 0 saturated carbocycles. The summed E-state index contributed by atoms with van der Waals surface area (Å²) in [5.74, 6) is -0.323. The van der Waals surface area contributed by atoms with Crippen LogP contribution in [0, 0.1) is 5.82 Å². The van der Waals surface area contributed by atoms with Crippen molar-refractivity contribution < 1.29 is 9.18 Å². The molecule has 0 amide bonds. The van der Waals surface area contributed by atoms with Gasteiger partial charge in [-0.1, -0.05) is 23.7 Å². The van der Waals surface area contributed by atoms with Crippen molar-refractivity contribution >= 4 is 17.9 Å². The Morgan fingerprint density at radius 2 is 1.88 bits per heavy atom. The third kappa shape index (κ3) is 1.95. The molecule has 2 nitrogen and oxygen atoms in total. The number of pyridine rings is 1. The molecule has 0 aliphatic carbocycles. The highest BCUT2D eigenvalue weighted by Gasteiger charge is 2.08. The maximum absolute atomic E-state index is 12.8. The average molecular weight is 236 g/mol. The van der Waals surface area contributed by atoms with Gasteiger partial charge in [0.05, 0.1) is 5.56 Å². The van der Waals surface area contributed by atoms with E-state index in [9.17, 15) is 9.18 Å². The Morgan fingerprint density at radius 1 is 1.19 bits per heavy atom. The topological polar surface area (TPSA) is 30.0 Å². The van der Waals surface area contributed by atoms with E-state index in [1.807, 2.05) is 0 Å². The van der Waals surface area contributed by atoms with Crippen LogP contribution < -0.4 is 0 Å². The van der Waals surface area contributed by atoms with Crippen LogP contribution in [-0.2, 0) is 0 Å². The number of carbonyl (C=O) groups excluding carboxylic acids is 1. The van der Waals surface area contributed by atoms with Gasteiger partial charge in [-0.25, -0.2) is 9.37 Å². The number of aldehydes is 1. The van der Waals surface area contributed by atoms with Gasteiger partial charge in [-0.05, 0) is 29.3 Å². The SMILES string of the molecule is O=Cc1c(-c2ccc(F)cc2)ccnc1Cl. The number of carbonyl (C=O) groups is 1. The van der Waals surface area contributed by atoms with Crippen molar-refractivity contribution in [3.05, 3.63) is 53.1 Å². The lowest BCUT2D eigenvalue weighted by Crippen LogP contribution is -1.91. The molecule has 0 spiro atoms. The number of nitrogens with zero attached hydrogens (tertiary/aromatic N) is 1. The van der Waals surface area contributed by atoms with E-state index in [1.165, 1.54) is 18.3 Å². The van der Waals surface area contributed by atoms with Gasteiger partial charge in [0.1, 0.15) is 11.0 Å². The third-order valence-corrected chi connectivity index (χ3v) is 2.52. The molecule has 0 aliphatic rings. The zero-order valence-corrected chi connectivity index (χ0v) is 8.91. The fourth-order valence-corrected chi connectivity index (χ4v) is 1.64. The highest BCUT2D eigenvalue weighted by Crippen LogP contribution is 2.26. The van der Waals surface area contributed by atoms with Crippen molar-refractivity contribution in [1.82, 2.24) is 4.98 Å². The Morgan fingerprint density at radius 3 is 2.50 bits per heavy atom. The van der Waals surface area contributed by atoms with Gasteiger partial charge in [-0.2, -0.15) is 0 Å². The van der Waals surface area contributed by atoms with Crippen molar-refractivity contribution in [1.29, 1.82) is 0 Å². The van der Waals surface area contributed by atoms with E-state index in [4.69, 9.17) is 11.6 Å². The van der Waals surface area contributed by atoms with E-state index in [0.717, 1.165) is 5.56 Å². The van der Waals surface area contributed by atoms with Gasteiger partial charge in [-0.3, -0.25) is 4.79 Å².